The molecule has 3 heteroatoms. The normalized spacial score (nSPS) is 8.76. The van der Waals surface area contributed by atoms with Gasteiger partial charge in [-0.3, -0.25) is 9.59 Å². The molecule has 0 aliphatic carbocycles. The fourth-order valence-electron chi connectivity index (χ4n) is 1.11. The molecule has 2 aromatic carbocycles. The van der Waals surface area contributed by atoms with Crippen molar-refractivity contribution in [2.45, 2.75) is 0 Å². The molecule has 0 unspecified atom stereocenters. The second-order valence-corrected chi connectivity index (χ2v) is 4.12. The van der Waals surface area contributed by atoms with Crippen LogP contribution in [0.3, 0.4) is 0 Å². The lowest BCUT2D eigenvalue weighted by molar-refractivity contribution is 0.111. The molecule has 0 spiro atoms. The molecule has 0 fully saturated rings. The van der Waals surface area contributed by atoms with Crippen LogP contribution in [-0.4, -0.2) is 12.6 Å². The zero-order valence-corrected chi connectivity index (χ0v) is 10.6. The summed E-state index contributed by atoms with van der Waals surface area (Å²) in [5, 5.41) is 0. The van der Waals surface area contributed by atoms with E-state index in [2.05, 4.69) is 15.9 Å². The van der Waals surface area contributed by atoms with Crippen molar-refractivity contribution in [3.8, 4) is 0 Å². The van der Waals surface area contributed by atoms with Gasteiger partial charge in [0.25, 0.3) is 0 Å². The minimum Gasteiger partial charge on any atom is -0.298 e. The lowest BCUT2D eigenvalue weighted by Crippen LogP contribution is -1.75. The van der Waals surface area contributed by atoms with Gasteiger partial charge < -0.3 is 0 Å². The lowest BCUT2D eigenvalue weighted by atomic mass is 10.2. The Labute approximate surface area is 108 Å². The Morgan fingerprint density at radius 1 is 0.765 bits per heavy atom. The van der Waals surface area contributed by atoms with E-state index in [4.69, 9.17) is 0 Å². The highest BCUT2D eigenvalue weighted by atomic mass is 79.9. The van der Waals surface area contributed by atoms with Gasteiger partial charge in [0.15, 0.2) is 0 Å². The Morgan fingerprint density at radius 3 is 1.76 bits per heavy atom. The van der Waals surface area contributed by atoms with E-state index < -0.39 is 0 Å². The summed E-state index contributed by atoms with van der Waals surface area (Å²) >= 11 is 3.24. The van der Waals surface area contributed by atoms with Crippen molar-refractivity contribution in [1.82, 2.24) is 0 Å². The van der Waals surface area contributed by atoms with E-state index in [0.29, 0.717) is 5.56 Å². The summed E-state index contributed by atoms with van der Waals surface area (Å²) in [6, 6.07) is 16.3. The van der Waals surface area contributed by atoms with Crippen molar-refractivity contribution in [2.75, 3.05) is 0 Å². The van der Waals surface area contributed by atoms with E-state index in [1.165, 1.54) is 0 Å². The Balaban J connectivity index is 0.000000171. The van der Waals surface area contributed by atoms with E-state index in [-0.39, 0.29) is 0 Å². The number of halogens is 1. The van der Waals surface area contributed by atoms with Crippen LogP contribution in [0.1, 0.15) is 20.7 Å². The molecule has 17 heavy (non-hydrogen) atoms. The van der Waals surface area contributed by atoms with Gasteiger partial charge in [-0.05, 0) is 12.1 Å². The summed E-state index contributed by atoms with van der Waals surface area (Å²) in [4.78, 5) is 20.1. The molecule has 0 aromatic heterocycles. The van der Waals surface area contributed by atoms with Crippen LogP contribution in [0.4, 0.5) is 0 Å². The first kappa shape index (κ1) is 13.3. The standard InChI is InChI=1S/C7H5BrO.C7H6O/c8-7-3-1-2-6(4-7)5-9;8-6-7-4-2-1-3-5-7/h1-5H;1-6H. The summed E-state index contributed by atoms with van der Waals surface area (Å²) < 4.78 is 0.937. The summed E-state index contributed by atoms with van der Waals surface area (Å²) in [5.74, 6) is 0. The van der Waals surface area contributed by atoms with E-state index in [1.54, 1.807) is 24.3 Å². The largest absolute Gasteiger partial charge is 0.298 e. The van der Waals surface area contributed by atoms with Crippen molar-refractivity contribution < 1.29 is 9.59 Å². The number of hydrogen-bond acceptors (Lipinski definition) is 2. The Morgan fingerprint density at radius 2 is 1.35 bits per heavy atom. The van der Waals surface area contributed by atoms with Gasteiger partial charge in [-0.2, -0.15) is 0 Å². The smallest absolute Gasteiger partial charge is 0.150 e. The predicted molar refractivity (Wildman–Crippen MR) is 71.4 cm³/mol. The first-order valence-corrected chi connectivity index (χ1v) is 5.76. The molecular weight excluding hydrogens is 280 g/mol. The average Bonchev–Trinajstić information content (AvgIpc) is 2.40. The highest BCUT2D eigenvalue weighted by Crippen LogP contribution is 2.09. The third-order valence-corrected chi connectivity index (χ3v) is 2.41. The molecule has 0 bridgehead atoms. The molecule has 0 aliphatic heterocycles. The minimum absolute atomic E-state index is 0.698. The third-order valence-electron chi connectivity index (χ3n) is 1.92. The second-order valence-electron chi connectivity index (χ2n) is 3.20. The summed E-state index contributed by atoms with van der Waals surface area (Å²) in [5.41, 5.74) is 1.43. The highest BCUT2D eigenvalue weighted by Gasteiger charge is 1.87. The Kier molecular flexibility index (Phi) is 5.89. The van der Waals surface area contributed by atoms with Crippen molar-refractivity contribution in [3.05, 3.63) is 70.2 Å². The fraction of sp³-hybridized carbons (Fsp3) is 0. The van der Waals surface area contributed by atoms with Crippen molar-refractivity contribution in [1.29, 1.82) is 0 Å². The van der Waals surface area contributed by atoms with Gasteiger partial charge in [0.1, 0.15) is 12.6 Å². The van der Waals surface area contributed by atoms with Gasteiger partial charge in [-0.25, -0.2) is 0 Å². The van der Waals surface area contributed by atoms with Crippen molar-refractivity contribution in [2.24, 2.45) is 0 Å². The molecule has 86 valence electrons. The van der Waals surface area contributed by atoms with Crippen LogP contribution < -0.4 is 0 Å². The quantitative estimate of drug-likeness (QED) is 0.789. The monoisotopic (exact) mass is 290 g/mol. The number of aldehydes is 2. The molecule has 0 saturated carbocycles. The fourth-order valence-corrected chi connectivity index (χ4v) is 1.53. The molecule has 0 amide bonds. The number of hydrogen-bond donors (Lipinski definition) is 0. The molecule has 2 nitrogen and oxygen atoms in total. The predicted octanol–water partition coefficient (Wildman–Crippen LogP) is 3.76. The van der Waals surface area contributed by atoms with Crippen LogP contribution in [0.15, 0.2) is 59.1 Å². The maximum Gasteiger partial charge on any atom is 0.150 e. The zero-order valence-electron chi connectivity index (χ0n) is 9.05. The zero-order chi connectivity index (χ0) is 12.5. The van der Waals surface area contributed by atoms with Crippen LogP contribution in [0.25, 0.3) is 0 Å². The summed E-state index contributed by atoms with van der Waals surface area (Å²) in [6.07, 6.45) is 1.66. The van der Waals surface area contributed by atoms with Crippen LogP contribution in [0.5, 0.6) is 0 Å². The van der Waals surface area contributed by atoms with Gasteiger partial charge in [0, 0.05) is 15.6 Å². The molecule has 2 rings (SSSR count). The highest BCUT2D eigenvalue weighted by molar-refractivity contribution is 9.10. The first-order valence-electron chi connectivity index (χ1n) is 4.97. The molecule has 0 heterocycles. The number of rotatable bonds is 2. The van der Waals surface area contributed by atoms with Gasteiger partial charge in [0.05, 0.1) is 0 Å². The number of benzene rings is 2. The van der Waals surface area contributed by atoms with E-state index >= 15 is 0 Å². The Bertz CT molecular complexity index is 481. The number of carbonyl (C=O) groups is 2. The molecule has 0 N–H and O–H groups in total. The SMILES string of the molecule is O=Cc1cccc(Br)c1.O=Cc1ccccc1. The minimum atomic E-state index is 0.698. The van der Waals surface area contributed by atoms with Crippen LogP contribution in [0.2, 0.25) is 0 Å². The molecule has 2 aromatic rings. The van der Waals surface area contributed by atoms with Crippen LogP contribution in [0, 0.1) is 0 Å². The molecule has 0 saturated heterocycles. The molecule has 0 atom stereocenters. The maximum absolute atomic E-state index is 10.1. The van der Waals surface area contributed by atoms with Crippen LogP contribution in [-0.2, 0) is 0 Å². The lowest BCUT2D eigenvalue weighted by Gasteiger charge is -1.88. The molecule has 0 radical (unpaired) electrons. The number of carbonyl (C=O) groups excluding carboxylic acids is 2. The van der Waals surface area contributed by atoms with Crippen molar-refractivity contribution >= 4 is 28.5 Å². The topological polar surface area (TPSA) is 34.1 Å². The molecule has 0 aliphatic rings. The van der Waals surface area contributed by atoms with E-state index in [9.17, 15) is 9.59 Å². The Hall–Kier alpha value is -1.74. The third kappa shape index (κ3) is 5.22. The van der Waals surface area contributed by atoms with Gasteiger partial charge >= 0.3 is 0 Å². The molecular formula is C14H11BrO2. The van der Waals surface area contributed by atoms with E-state index in [1.807, 2.05) is 30.3 Å². The van der Waals surface area contributed by atoms with Crippen molar-refractivity contribution in [3.63, 3.8) is 0 Å². The van der Waals surface area contributed by atoms with Gasteiger partial charge in [-0.15, -0.1) is 0 Å². The average molecular weight is 291 g/mol. The second kappa shape index (κ2) is 7.52. The summed E-state index contributed by atoms with van der Waals surface area (Å²) in [6.45, 7) is 0. The van der Waals surface area contributed by atoms with E-state index in [0.717, 1.165) is 22.6 Å². The van der Waals surface area contributed by atoms with Gasteiger partial charge in [-0.1, -0.05) is 58.4 Å². The summed E-state index contributed by atoms with van der Waals surface area (Å²) in [7, 11) is 0. The van der Waals surface area contributed by atoms with Crippen LogP contribution >= 0.6 is 15.9 Å². The van der Waals surface area contributed by atoms with Gasteiger partial charge in [0.2, 0.25) is 0 Å². The maximum atomic E-state index is 10.1. The first-order chi connectivity index (χ1) is 8.26.